The van der Waals surface area contributed by atoms with Gasteiger partial charge in [-0.25, -0.2) is 24.3 Å². The van der Waals surface area contributed by atoms with Gasteiger partial charge in [0.15, 0.2) is 23.8 Å². The van der Waals surface area contributed by atoms with Gasteiger partial charge in [-0.15, -0.1) is 0 Å². The number of nitrogens with zero attached hydrogens (tertiary/aromatic N) is 1. The fourth-order valence-corrected chi connectivity index (χ4v) is 11.0. The van der Waals surface area contributed by atoms with Crippen molar-refractivity contribution in [2.24, 2.45) is 52.5 Å². The highest BCUT2D eigenvalue weighted by molar-refractivity contribution is 5.89. The Balaban J connectivity index is 1.13. The van der Waals surface area contributed by atoms with Crippen molar-refractivity contribution in [2.75, 3.05) is 7.11 Å². The predicted molar refractivity (Wildman–Crippen MR) is 159 cm³/mol. The van der Waals surface area contributed by atoms with E-state index in [4.69, 9.17) is 48.1 Å². The molecule has 2 spiro atoms. The molecule has 0 aromatic rings. The highest BCUT2D eigenvalue weighted by Crippen LogP contribution is 2.63. The zero-order chi connectivity index (χ0) is 32.2. The van der Waals surface area contributed by atoms with E-state index in [2.05, 4.69) is 32.9 Å². The summed E-state index contributed by atoms with van der Waals surface area (Å²) in [5.74, 6) is -0.0609. The number of fused-ring (bicyclic) bond motifs is 4. The number of ether oxygens (including phenoxy) is 5. The van der Waals surface area contributed by atoms with E-state index in [1.54, 1.807) is 0 Å². The molecule has 0 amide bonds. The molecular formula is C34H51NO11. The highest BCUT2D eigenvalue weighted by Gasteiger charge is 2.71. The molecule has 0 unspecified atom stereocenters. The Morgan fingerprint density at radius 2 is 1.26 bits per heavy atom. The van der Waals surface area contributed by atoms with Crippen LogP contribution in [-0.2, 0) is 48.1 Å². The number of hydrogen-bond donors (Lipinski definition) is 0. The molecule has 4 bridgehead atoms. The van der Waals surface area contributed by atoms with Gasteiger partial charge in [0.25, 0.3) is 0 Å². The topological polar surface area (TPSA) is 122 Å². The number of hydrogen-bond acceptors (Lipinski definition) is 12. The average Bonchev–Trinajstić information content (AvgIpc) is 3.41. The SMILES string of the molecule is COC(=O)O/N=C(/C[C@H]1O[C@@H]2O[C@]3(C)CC[C@H]4[C@H](C)CC[C@@H]([C@H]1C)[C@@]24OO3)[C@H]1O[C@@H]2O[C@]3(C)CC[C@H]4[C@H](C)CC[C@@H]([C@H]1C)[C@@]24OO3. The van der Waals surface area contributed by atoms with Crippen molar-refractivity contribution in [3.8, 4) is 0 Å². The summed E-state index contributed by atoms with van der Waals surface area (Å²) in [5.41, 5.74) is -0.806. The molecule has 2 aliphatic carbocycles. The molecule has 8 aliphatic heterocycles. The smallest absolute Gasteiger partial charge is 0.436 e. The minimum absolute atomic E-state index is 0.0353. The maximum Gasteiger partial charge on any atom is 0.534 e. The van der Waals surface area contributed by atoms with Gasteiger partial charge in [-0.1, -0.05) is 32.9 Å². The van der Waals surface area contributed by atoms with Gasteiger partial charge in [-0.3, -0.25) is 4.84 Å². The Kier molecular flexibility index (Phi) is 7.66. The van der Waals surface area contributed by atoms with E-state index in [1.807, 2.05) is 13.8 Å². The van der Waals surface area contributed by atoms with Crippen molar-refractivity contribution >= 4 is 11.9 Å². The van der Waals surface area contributed by atoms with E-state index in [0.717, 1.165) is 51.4 Å². The summed E-state index contributed by atoms with van der Waals surface area (Å²) in [6, 6.07) is 0. The van der Waals surface area contributed by atoms with Crippen LogP contribution in [0.4, 0.5) is 4.79 Å². The Labute approximate surface area is 271 Å². The normalized spacial score (nSPS) is 55.8. The van der Waals surface area contributed by atoms with Crippen LogP contribution in [0, 0.1) is 47.3 Å². The monoisotopic (exact) mass is 649 g/mol. The van der Waals surface area contributed by atoms with Gasteiger partial charge >= 0.3 is 6.16 Å². The van der Waals surface area contributed by atoms with E-state index in [-0.39, 0.29) is 41.6 Å². The third-order valence-electron chi connectivity index (χ3n) is 13.6. The maximum absolute atomic E-state index is 12.2. The molecule has 0 aromatic heterocycles. The van der Waals surface area contributed by atoms with Gasteiger partial charge in [0, 0.05) is 31.1 Å². The quantitative estimate of drug-likeness (QED) is 0.117. The summed E-state index contributed by atoms with van der Waals surface area (Å²) < 4.78 is 31.9. The molecule has 10 rings (SSSR count). The average molecular weight is 650 g/mol. The van der Waals surface area contributed by atoms with Gasteiger partial charge in [0.1, 0.15) is 6.10 Å². The molecule has 8 heterocycles. The van der Waals surface area contributed by atoms with Crippen molar-refractivity contribution in [1.29, 1.82) is 0 Å². The van der Waals surface area contributed by atoms with E-state index in [0.29, 0.717) is 24.0 Å². The van der Waals surface area contributed by atoms with Crippen LogP contribution in [0.1, 0.15) is 99.3 Å². The molecule has 0 aromatic carbocycles. The Hall–Kier alpha value is -1.38. The second-order valence-electron chi connectivity index (χ2n) is 16.1. The van der Waals surface area contributed by atoms with Crippen LogP contribution in [0.5, 0.6) is 0 Å². The predicted octanol–water partition coefficient (Wildman–Crippen LogP) is 6.02. The first-order chi connectivity index (χ1) is 21.9. The second kappa shape index (κ2) is 11.1. The number of carbonyl (C=O) groups is 1. The Bertz CT molecular complexity index is 1250. The van der Waals surface area contributed by atoms with E-state index in [9.17, 15) is 4.79 Å². The van der Waals surface area contributed by atoms with Crippen LogP contribution in [-0.4, -0.2) is 66.5 Å². The molecule has 10 fully saturated rings. The van der Waals surface area contributed by atoms with Crippen LogP contribution >= 0.6 is 0 Å². The van der Waals surface area contributed by atoms with Crippen molar-refractivity contribution in [2.45, 2.75) is 147 Å². The second-order valence-corrected chi connectivity index (χ2v) is 16.1. The fraction of sp³-hybridized carbons (Fsp3) is 0.941. The fourth-order valence-electron chi connectivity index (χ4n) is 11.0. The van der Waals surface area contributed by atoms with Crippen molar-refractivity contribution in [3.05, 3.63) is 0 Å². The minimum atomic E-state index is -0.902. The van der Waals surface area contributed by atoms with E-state index >= 15 is 0 Å². The lowest BCUT2D eigenvalue weighted by molar-refractivity contribution is -0.571. The first-order valence-electron chi connectivity index (χ1n) is 17.6. The zero-order valence-electron chi connectivity index (χ0n) is 28.2. The molecule has 0 N–H and O–H groups in total. The van der Waals surface area contributed by atoms with Crippen molar-refractivity contribution in [1.82, 2.24) is 0 Å². The van der Waals surface area contributed by atoms with Crippen LogP contribution < -0.4 is 0 Å². The number of oxime groups is 1. The van der Waals surface area contributed by atoms with E-state index < -0.39 is 47.6 Å². The summed E-state index contributed by atoms with van der Waals surface area (Å²) in [5, 5.41) is 4.44. The van der Waals surface area contributed by atoms with Crippen LogP contribution in [0.25, 0.3) is 0 Å². The Morgan fingerprint density at radius 3 is 1.83 bits per heavy atom. The molecule has 2 saturated carbocycles. The molecule has 0 radical (unpaired) electrons. The molecule has 8 saturated heterocycles. The summed E-state index contributed by atoms with van der Waals surface area (Å²) in [6.45, 7) is 12.9. The first kappa shape index (κ1) is 31.9. The highest BCUT2D eigenvalue weighted by atomic mass is 17.3. The molecular weight excluding hydrogens is 598 g/mol. The van der Waals surface area contributed by atoms with E-state index in [1.165, 1.54) is 7.11 Å². The number of carbonyl (C=O) groups excluding carboxylic acids is 1. The molecule has 46 heavy (non-hydrogen) atoms. The largest absolute Gasteiger partial charge is 0.534 e. The summed E-state index contributed by atoms with van der Waals surface area (Å²) in [7, 11) is 1.27. The van der Waals surface area contributed by atoms with Crippen LogP contribution in [0.2, 0.25) is 0 Å². The molecule has 10 aliphatic rings. The Morgan fingerprint density at radius 1 is 0.717 bits per heavy atom. The summed E-state index contributed by atoms with van der Waals surface area (Å²) in [4.78, 5) is 42.3. The molecule has 12 nitrogen and oxygen atoms in total. The van der Waals surface area contributed by atoms with Gasteiger partial charge in [0.05, 0.1) is 18.9 Å². The standard InChI is InChI=1S/C34H51NO11/c1-17-8-10-23-19(3)26(38-28-33(23)21(17)12-14-31(5,40-28)43-45-33)16-25(35-42-30(36)37-7)27-20(4)24-11-9-18(2)22-13-15-32(6)41-29(39-27)34(22,24)46-44-32/h17-24,26-29H,8-16H2,1-7H3/b35-25-/t17-,18-,19-,20-,21+,22+,23+,24+,26-,27+,28-,29-,31+,32+,33-,34-/m1/s1. The number of rotatable bonds is 4. The van der Waals surface area contributed by atoms with Crippen molar-refractivity contribution in [3.63, 3.8) is 0 Å². The van der Waals surface area contributed by atoms with Gasteiger partial charge in [0.2, 0.25) is 11.6 Å². The number of methoxy groups -OCH3 is 1. The third kappa shape index (κ3) is 4.53. The first-order valence-corrected chi connectivity index (χ1v) is 17.6. The lowest BCUT2D eigenvalue weighted by Gasteiger charge is -2.61. The van der Waals surface area contributed by atoms with Gasteiger partial charge < -0.3 is 23.7 Å². The molecule has 12 heteroatoms. The summed E-state index contributed by atoms with van der Waals surface area (Å²) >= 11 is 0. The van der Waals surface area contributed by atoms with Crippen LogP contribution in [0.15, 0.2) is 5.16 Å². The van der Waals surface area contributed by atoms with Crippen molar-refractivity contribution < 1.29 is 52.9 Å². The lowest BCUT2D eigenvalue weighted by atomic mass is 9.56. The molecule has 258 valence electrons. The molecule has 16 atom stereocenters. The van der Waals surface area contributed by atoms with Gasteiger partial charge in [-0.05, 0) is 87.9 Å². The minimum Gasteiger partial charge on any atom is -0.436 e. The zero-order valence-corrected chi connectivity index (χ0v) is 28.2. The van der Waals surface area contributed by atoms with Crippen LogP contribution in [0.3, 0.4) is 0 Å². The third-order valence-corrected chi connectivity index (χ3v) is 13.6. The summed E-state index contributed by atoms with van der Waals surface area (Å²) in [6.07, 6.45) is 4.93. The maximum atomic E-state index is 12.2. The lowest BCUT2D eigenvalue weighted by Crippen LogP contribution is -2.71. The van der Waals surface area contributed by atoms with Gasteiger partial charge in [-0.2, -0.15) is 0 Å².